The molecule has 4 rings (SSSR count). The van der Waals surface area contributed by atoms with Crippen molar-refractivity contribution in [3.63, 3.8) is 0 Å². The van der Waals surface area contributed by atoms with E-state index < -0.39 is 0 Å². The van der Waals surface area contributed by atoms with E-state index in [2.05, 4.69) is 38.8 Å². The molecule has 3 aromatic rings. The zero-order chi connectivity index (χ0) is 17.4. The van der Waals surface area contributed by atoms with Crippen LogP contribution in [0, 0.1) is 24.1 Å². The molecule has 5 nitrogen and oxygen atoms in total. The number of hydrogen-bond donors (Lipinski definition) is 0. The molecule has 0 atom stereocenters. The van der Waals surface area contributed by atoms with Crippen molar-refractivity contribution >= 4 is 33.1 Å². The van der Waals surface area contributed by atoms with Gasteiger partial charge in [-0.2, -0.15) is 5.26 Å². The number of nitrogens with zero attached hydrogens (tertiary/aromatic N) is 5. The summed E-state index contributed by atoms with van der Waals surface area (Å²) in [7, 11) is 0. The first kappa shape index (κ1) is 15.8. The number of piperazine rings is 1. The van der Waals surface area contributed by atoms with Crippen LogP contribution in [0.5, 0.6) is 0 Å². The SMILES string of the molecule is Cc1cc2c(N3CCN(c4ccc(F)cc4C#N)CC3)ncnc2s1. The number of hydrogen-bond acceptors (Lipinski definition) is 6. The standard InChI is InChI=1S/C18H16FN5S/c1-12-8-15-17(21-11-22-18(15)25-12)24-6-4-23(5-7-24)16-3-2-14(19)9-13(16)10-20/h2-3,8-9,11H,4-7H2,1H3. The third kappa shape index (κ3) is 2.89. The molecule has 0 bridgehead atoms. The molecular formula is C18H16FN5S. The first-order chi connectivity index (χ1) is 12.2. The highest BCUT2D eigenvalue weighted by molar-refractivity contribution is 7.18. The van der Waals surface area contributed by atoms with Gasteiger partial charge in [0.2, 0.25) is 0 Å². The molecule has 2 aromatic heterocycles. The quantitative estimate of drug-likeness (QED) is 0.707. The van der Waals surface area contributed by atoms with E-state index in [0.29, 0.717) is 5.56 Å². The summed E-state index contributed by atoms with van der Waals surface area (Å²) < 4.78 is 13.3. The summed E-state index contributed by atoms with van der Waals surface area (Å²) in [5.74, 6) is 0.587. The van der Waals surface area contributed by atoms with Gasteiger partial charge in [0.05, 0.1) is 16.6 Å². The van der Waals surface area contributed by atoms with Crippen LogP contribution in [0.15, 0.2) is 30.6 Å². The molecule has 0 radical (unpaired) electrons. The zero-order valence-corrected chi connectivity index (χ0v) is 14.6. The van der Waals surface area contributed by atoms with Gasteiger partial charge in [0.1, 0.15) is 28.9 Å². The second-order valence-corrected chi connectivity index (χ2v) is 7.26. The lowest BCUT2D eigenvalue weighted by molar-refractivity contribution is 0.623. The zero-order valence-electron chi connectivity index (χ0n) is 13.7. The third-order valence-electron chi connectivity index (χ3n) is 4.43. The summed E-state index contributed by atoms with van der Waals surface area (Å²) >= 11 is 1.67. The number of aromatic nitrogens is 2. The molecule has 1 fully saturated rings. The van der Waals surface area contributed by atoms with Crippen LogP contribution in [-0.4, -0.2) is 36.1 Å². The minimum absolute atomic E-state index is 0.379. The van der Waals surface area contributed by atoms with Crippen LogP contribution >= 0.6 is 11.3 Å². The van der Waals surface area contributed by atoms with Crippen LogP contribution in [0.1, 0.15) is 10.4 Å². The van der Waals surface area contributed by atoms with Gasteiger partial charge in [0.15, 0.2) is 0 Å². The lowest BCUT2D eigenvalue weighted by Gasteiger charge is -2.37. The lowest BCUT2D eigenvalue weighted by atomic mass is 10.1. The Bertz CT molecular complexity index is 969. The highest BCUT2D eigenvalue weighted by atomic mass is 32.1. The van der Waals surface area contributed by atoms with Gasteiger partial charge in [0, 0.05) is 31.1 Å². The molecule has 0 N–H and O–H groups in total. The van der Waals surface area contributed by atoms with Crippen molar-refractivity contribution in [2.24, 2.45) is 0 Å². The van der Waals surface area contributed by atoms with Gasteiger partial charge < -0.3 is 9.80 Å². The highest BCUT2D eigenvalue weighted by Crippen LogP contribution is 2.31. The minimum Gasteiger partial charge on any atom is -0.367 e. The number of halogens is 1. The topological polar surface area (TPSA) is 56.0 Å². The summed E-state index contributed by atoms with van der Waals surface area (Å²) in [6.07, 6.45) is 1.62. The molecule has 7 heteroatoms. The average molecular weight is 353 g/mol. The van der Waals surface area contributed by atoms with Crippen LogP contribution in [0.3, 0.4) is 0 Å². The Hall–Kier alpha value is -2.72. The Labute approximate surface area is 149 Å². The minimum atomic E-state index is -0.379. The van der Waals surface area contributed by atoms with Crippen molar-refractivity contribution in [3.8, 4) is 6.07 Å². The van der Waals surface area contributed by atoms with E-state index in [1.165, 1.54) is 17.0 Å². The Morgan fingerprint density at radius 1 is 1.12 bits per heavy atom. The molecule has 1 aliphatic heterocycles. The molecule has 3 heterocycles. The van der Waals surface area contributed by atoms with Crippen LogP contribution < -0.4 is 9.80 Å². The normalized spacial score (nSPS) is 14.8. The number of rotatable bonds is 2. The van der Waals surface area contributed by atoms with Crippen LogP contribution in [0.4, 0.5) is 15.9 Å². The Kier molecular flexibility index (Phi) is 3.98. The van der Waals surface area contributed by atoms with Gasteiger partial charge in [-0.05, 0) is 31.2 Å². The van der Waals surface area contributed by atoms with Gasteiger partial charge in [-0.15, -0.1) is 11.3 Å². The molecule has 0 unspecified atom stereocenters. The molecule has 0 amide bonds. The average Bonchev–Trinajstić information content (AvgIpc) is 3.02. The van der Waals surface area contributed by atoms with Crippen molar-refractivity contribution in [2.45, 2.75) is 6.92 Å². The molecule has 1 aliphatic rings. The Morgan fingerprint density at radius 3 is 2.64 bits per heavy atom. The van der Waals surface area contributed by atoms with Gasteiger partial charge in [-0.25, -0.2) is 14.4 Å². The first-order valence-electron chi connectivity index (χ1n) is 8.06. The van der Waals surface area contributed by atoms with Crippen molar-refractivity contribution in [1.29, 1.82) is 5.26 Å². The van der Waals surface area contributed by atoms with Crippen LogP contribution in [-0.2, 0) is 0 Å². The first-order valence-corrected chi connectivity index (χ1v) is 8.88. The maximum Gasteiger partial charge on any atom is 0.140 e. The predicted molar refractivity (Wildman–Crippen MR) is 97.7 cm³/mol. The fraction of sp³-hybridized carbons (Fsp3) is 0.278. The van der Waals surface area contributed by atoms with E-state index in [9.17, 15) is 9.65 Å². The number of aryl methyl sites for hydroxylation is 1. The Morgan fingerprint density at radius 2 is 1.88 bits per heavy atom. The summed E-state index contributed by atoms with van der Waals surface area (Å²) in [6, 6.07) is 8.62. The molecule has 0 saturated carbocycles. The van der Waals surface area contributed by atoms with E-state index in [4.69, 9.17) is 0 Å². The van der Waals surface area contributed by atoms with E-state index in [-0.39, 0.29) is 5.82 Å². The maximum atomic E-state index is 13.3. The summed E-state index contributed by atoms with van der Waals surface area (Å²) in [4.78, 5) is 15.5. The second-order valence-electron chi connectivity index (χ2n) is 6.02. The monoisotopic (exact) mass is 353 g/mol. The van der Waals surface area contributed by atoms with Crippen molar-refractivity contribution in [2.75, 3.05) is 36.0 Å². The fourth-order valence-corrected chi connectivity index (χ4v) is 4.09. The van der Waals surface area contributed by atoms with Crippen molar-refractivity contribution < 1.29 is 4.39 Å². The largest absolute Gasteiger partial charge is 0.367 e. The number of thiophene rings is 1. The number of nitriles is 1. The number of benzene rings is 1. The predicted octanol–water partition coefficient (Wildman–Crippen LogP) is 3.34. The molecule has 25 heavy (non-hydrogen) atoms. The summed E-state index contributed by atoms with van der Waals surface area (Å²) in [6.45, 7) is 5.18. The second kappa shape index (κ2) is 6.30. The van der Waals surface area contributed by atoms with Crippen LogP contribution in [0.25, 0.3) is 10.2 Å². The van der Waals surface area contributed by atoms with E-state index >= 15 is 0 Å². The third-order valence-corrected chi connectivity index (χ3v) is 5.39. The van der Waals surface area contributed by atoms with Gasteiger partial charge >= 0.3 is 0 Å². The molecule has 0 spiro atoms. The highest BCUT2D eigenvalue weighted by Gasteiger charge is 2.22. The smallest absolute Gasteiger partial charge is 0.140 e. The number of anilines is 2. The van der Waals surface area contributed by atoms with Crippen molar-refractivity contribution in [1.82, 2.24) is 9.97 Å². The lowest BCUT2D eigenvalue weighted by Crippen LogP contribution is -2.47. The molecule has 1 saturated heterocycles. The summed E-state index contributed by atoms with van der Waals surface area (Å²) in [5.41, 5.74) is 1.18. The van der Waals surface area contributed by atoms with Gasteiger partial charge in [-0.1, -0.05) is 0 Å². The Balaban J connectivity index is 1.56. The molecular weight excluding hydrogens is 337 g/mol. The van der Waals surface area contributed by atoms with Crippen molar-refractivity contribution in [3.05, 3.63) is 46.9 Å². The molecule has 126 valence electrons. The van der Waals surface area contributed by atoms with E-state index in [1.54, 1.807) is 23.7 Å². The summed E-state index contributed by atoms with van der Waals surface area (Å²) in [5, 5.41) is 10.3. The van der Waals surface area contributed by atoms with E-state index in [1.807, 2.05) is 0 Å². The van der Waals surface area contributed by atoms with Crippen LogP contribution in [0.2, 0.25) is 0 Å². The fourth-order valence-electron chi connectivity index (χ4n) is 3.25. The van der Waals surface area contributed by atoms with Gasteiger partial charge in [-0.3, -0.25) is 0 Å². The maximum absolute atomic E-state index is 13.3. The van der Waals surface area contributed by atoms with Gasteiger partial charge in [0.25, 0.3) is 0 Å². The van der Waals surface area contributed by atoms with E-state index in [0.717, 1.165) is 47.9 Å². The number of fused-ring (bicyclic) bond motifs is 1. The molecule has 0 aliphatic carbocycles. The molecule has 1 aromatic carbocycles.